The number of hydrogen-bond acceptors (Lipinski definition) is 0. The summed E-state index contributed by atoms with van der Waals surface area (Å²) in [6.07, 6.45) is 14.6. The molecule has 3 rings (SSSR count). The van der Waals surface area contributed by atoms with Crippen LogP contribution in [0.25, 0.3) is 16.3 Å². The zero-order valence-electron chi connectivity index (χ0n) is 10.1. The fourth-order valence-electron chi connectivity index (χ4n) is 2.22. The van der Waals surface area contributed by atoms with Gasteiger partial charge in [0.05, 0.1) is 0 Å². The fraction of sp³-hybridized carbons (Fsp3) is 0. The number of allylic oxidation sites excluding steroid dienone is 8. The molecule has 0 amide bonds. The highest BCUT2D eigenvalue weighted by Crippen LogP contribution is 2.26. The molecule has 0 N–H and O–H groups in total. The highest BCUT2D eigenvalue weighted by Gasteiger charge is 2.02. The van der Waals surface area contributed by atoms with Crippen LogP contribution >= 0.6 is 0 Å². The summed E-state index contributed by atoms with van der Waals surface area (Å²) in [4.78, 5) is 0. The smallest absolute Gasteiger partial charge is 0.0105 e. The minimum absolute atomic E-state index is 1.24. The predicted molar refractivity (Wildman–Crippen MR) is 79.3 cm³/mol. The molecule has 2 aromatic carbocycles. The predicted octanol–water partition coefficient (Wildman–Crippen LogP) is 4.91. The minimum Gasteiger partial charge on any atom is -0.0623 e. The maximum atomic E-state index is 2.18. The van der Waals surface area contributed by atoms with E-state index in [0.717, 1.165) is 0 Å². The summed E-state index contributed by atoms with van der Waals surface area (Å²) in [7, 11) is 0. The summed E-state index contributed by atoms with van der Waals surface area (Å²) >= 11 is 0. The second-order valence-corrected chi connectivity index (χ2v) is 4.28. The second kappa shape index (κ2) is 4.89. The van der Waals surface area contributed by atoms with Gasteiger partial charge in [-0.1, -0.05) is 85.0 Å². The number of rotatable bonds is 1. The van der Waals surface area contributed by atoms with E-state index in [2.05, 4.69) is 78.9 Å². The van der Waals surface area contributed by atoms with Gasteiger partial charge in [0, 0.05) is 0 Å². The second-order valence-electron chi connectivity index (χ2n) is 4.28. The molecule has 0 atom stereocenters. The third-order valence-corrected chi connectivity index (χ3v) is 3.10. The molecule has 0 radical (unpaired) electrons. The van der Waals surface area contributed by atoms with Crippen molar-refractivity contribution < 1.29 is 0 Å². The lowest BCUT2D eigenvalue weighted by Crippen LogP contribution is -1.84. The molecule has 0 spiro atoms. The van der Waals surface area contributed by atoms with Gasteiger partial charge in [-0.3, -0.25) is 0 Å². The van der Waals surface area contributed by atoms with Gasteiger partial charge in [0.2, 0.25) is 0 Å². The molecule has 0 unspecified atom stereocenters. The van der Waals surface area contributed by atoms with Gasteiger partial charge < -0.3 is 0 Å². The van der Waals surface area contributed by atoms with E-state index >= 15 is 0 Å². The maximum Gasteiger partial charge on any atom is -0.0105 e. The Bertz CT molecular complexity index is 677. The van der Waals surface area contributed by atoms with Crippen LogP contribution in [0.15, 0.2) is 85.0 Å². The van der Waals surface area contributed by atoms with Gasteiger partial charge in [-0.2, -0.15) is 0 Å². The first-order valence-electron chi connectivity index (χ1n) is 6.15. The molecule has 0 fully saturated rings. The van der Waals surface area contributed by atoms with E-state index in [1.807, 2.05) is 6.08 Å². The molecular weight excluding hydrogens is 216 g/mol. The van der Waals surface area contributed by atoms with Crippen LogP contribution in [-0.2, 0) is 0 Å². The van der Waals surface area contributed by atoms with Crippen molar-refractivity contribution in [3.05, 3.63) is 90.6 Å². The molecule has 0 saturated carbocycles. The van der Waals surface area contributed by atoms with Gasteiger partial charge in [0.25, 0.3) is 0 Å². The van der Waals surface area contributed by atoms with E-state index in [1.165, 1.54) is 21.9 Å². The van der Waals surface area contributed by atoms with Crippen molar-refractivity contribution >= 4 is 16.3 Å². The average molecular weight is 230 g/mol. The van der Waals surface area contributed by atoms with E-state index in [0.29, 0.717) is 0 Å². The molecule has 0 heterocycles. The van der Waals surface area contributed by atoms with Crippen molar-refractivity contribution in [2.24, 2.45) is 0 Å². The van der Waals surface area contributed by atoms with E-state index in [-0.39, 0.29) is 0 Å². The van der Waals surface area contributed by atoms with E-state index in [4.69, 9.17) is 0 Å². The van der Waals surface area contributed by atoms with Crippen molar-refractivity contribution in [1.29, 1.82) is 0 Å². The van der Waals surface area contributed by atoms with Gasteiger partial charge in [-0.25, -0.2) is 0 Å². The maximum absolute atomic E-state index is 2.18. The van der Waals surface area contributed by atoms with Gasteiger partial charge in [-0.05, 0) is 21.9 Å². The summed E-state index contributed by atoms with van der Waals surface area (Å²) in [6.45, 7) is 0. The molecule has 86 valence electrons. The van der Waals surface area contributed by atoms with Crippen LogP contribution in [0.1, 0.15) is 5.56 Å². The molecule has 1 aliphatic rings. The van der Waals surface area contributed by atoms with Crippen molar-refractivity contribution in [3.63, 3.8) is 0 Å². The van der Waals surface area contributed by atoms with Crippen molar-refractivity contribution in [2.75, 3.05) is 0 Å². The number of fused-ring (bicyclic) bond motifs is 1. The van der Waals surface area contributed by atoms with Crippen molar-refractivity contribution in [2.45, 2.75) is 0 Å². The van der Waals surface area contributed by atoms with Gasteiger partial charge >= 0.3 is 0 Å². The monoisotopic (exact) mass is 230 g/mol. The Morgan fingerprint density at radius 1 is 0.611 bits per heavy atom. The first-order chi connectivity index (χ1) is 8.95. The highest BCUT2D eigenvalue weighted by molar-refractivity contribution is 5.96. The Labute approximate surface area is 107 Å². The molecule has 1 aliphatic carbocycles. The van der Waals surface area contributed by atoms with Crippen LogP contribution in [0, 0.1) is 0 Å². The zero-order valence-corrected chi connectivity index (χ0v) is 10.1. The fourth-order valence-corrected chi connectivity index (χ4v) is 2.22. The lowest BCUT2D eigenvalue weighted by molar-refractivity contribution is 1.66. The van der Waals surface area contributed by atoms with E-state index in [1.54, 1.807) is 0 Å². The van der Waals surface area contributed by atoms with Crippen LogP contribution in [0.3, 0.4) is 0 Å². The molecule has 18 heavy (non-hydrogen) atoms. The molecule has 0 bridgehead atoms. The Morgan fingerprint density at radius 3 is 2.39 bits per heavy atom. The van der Waals surface area contributed by atoms with Gasteiger partial charge in [-0.15, -0.1) is 0 Å². The number of hydrogen-bond donors (Lipinski definition) is 0. The third-order valence-electron chi connectivity index (χ3n) is 3.10. The Balaban J connectivity index is 2.20. The Kier molecular flexibility index (Phi) is 2.93. The molecule has 2 aromatic rings. The summed E-state index contributed by atoms with van der Waals surface area (Å²) in [5, 5.41) is 2.58. The SMILES string of the molecule is C1=C\C=C/C(c2cccc3ccccc23)=C\C=C/1. The van der Waals surface area contributed by atoms with Crippen LogP contribution in [0.2, 0.25) is 0 Å². The molecule has 0 saturated heterocycles. The molecule has 0 heteroatoms. The largest absolute Gasteiger partial charge is 0.0623 e. The average Bonchev–Trinajstić information content (AvgIpc) is 2.38. The lowest BCUT2D eigenvalue weighted by Gasteiger charge is -2.07. The summed E-state index contributed by atoms with van der Waals surface area (Å²) in [5.41, 5.74) is 2.52. The molecule has 0 aliphatic heterocycles. The van der Waals surface area contributed by atoms with Crippen LogP contribution in [0.5, 0.6) is 0 Å². The Hall–Kier alpha value is -2.34. The molecule has 0 aromatic heterocycles. The summed E-state index contributed by atoms with van der Waals surface area (Å²) in [5.74, 6) is 0. The lowest BCUT2D eigenvalue weighted by atomic mass is 9.97. The third kappa shape index (κ3) is 2.05. The van der Waals surface area contributed by atoms with Crippen LogP contribution in [-0.4, -0.2) is 0 Å². The van der Waals surface area contributed by atoms with E-state index in [9.17, 15) is 0 Å². The van der Waals surface area contributed by atoms with E-state index < -0.39 is 0 Å². The minimum atomic E-state index is 1.24. The van der Waals surface area contributed by atoms with Gasteiger partial charge in [0.1, 0.15) is 0 Å². The summed E-state index contributed by atoms with van der Waals surface area (Å²) in [6, 6.07) is 15.0. The molecular formula is C18H14. The molecule has 0 nitrogen and oxygen atoms in total. The van der Waals surface area contributed by atoms with Crippen molar-refractivity contribution in [3.8, 4) is 0 Å². The van der Waals surface area contributed by atoms with Crippen LogP contribution in [0.4, 0.5) is 0 Å². The zero-order chi connectivity index (χ0) is 12.2. The van der Waals surface area contributed by atoms with Gasteiger partial charge in [0.15, 0.2) is 0 Å². The first kappa shape index (κ1) is 10.8. The number of benzene rings is 2. The highest BCUT2D eigenvalue weighted by atomic mass is 14.1. The van der Waals surface area contributed by atoms with Crippen molar-refractivity contribution in [1.82, 2.24) is 0 Å². The Morgan fingerprint density at radius 2 is 1.39 bits per heavy atom. The quantitative estimate of drug-likeness (QED) is 0.653. The first-order valence-corrected chi connectivity index (χ1v) is 6.15. The normalized spacial score (nSPS) is 22.6. The summed E-state index contributed by atoms with van der Waals surface area (Å²) < 4.78 is 0. The standard InChI is InChI=1S/C18H14/c1-2-4-9-15(10-5-3-1)18-14-8-12-16-11-6-7-13-17(16)18/h1-14H/b2-1-,3-1?,4-2?,5-3-,9-4-,10-5?,15-9?,15-10+. The topological polar surface area (TPSA) is 0 Å². The van der Waals surface area contributed by atoms with Crippen LogP contribution < -0.4 is 0 Å².